The number of aryl methyl sites for hydroxylation is 3. The van der Waals surface area contributed by atoms with E-state index in [1.165, 1.54) is 16.4 Å². The van der Waals surface area contributed by atoms with Crippen LogP contribution in [0.15, 0.2) is 16.4 Å². The molecule has 2 rings (SSSR count). The fraction of sp³-hybridized carbons (Fsp3) is 0.632. The van der Waals surface area contributed by atoms with E-state index in [2.05, 4.69) is 64.5 Å². The lowest BCUT2D eigenvalue weighted by molar-refractivity contribution is 0.555. The summed E-state index contributed by atoms with van der Waals surface area (Å²) in [5, 5.41) is 14.5. The Morgan fingerprint density at radius 3 is 2.54 bits per heavy atom. The molecule has 0 bridgehead atoms. The molecule has 2 aromatic heterocycles. The predicted octanol–water partition coefficient (Wildman–Crippen LogP) is 3.05. The number of hydrogen-bond acceptors (Lipinski definition) is 4. The molecule has 0 saturated heterocycles. The van der Waals surface area contributed by atoms with Crippen molar-refractivity contribution in [3.05, 3.63) is 33.5 Å². The standard InChI is InChI=1S/C19H32N6S/c1-14-12-15(2)25(24-14)11-7-9-21-18(20-6)22-10-8-17-23-16(13-26-17)19(3,4)5/h12-13H,7-11H2,1-6H3,(H2,20,21,22). The molecule has 0 aliphatic carbocycles. The molecule has 0 unspecified atom stereocenters. The molecule has 2 N–H and O–H groups in total. The van der Waals surface area contributed by atoms with Crippen LogP contribution in [0.4, 0.5) is 0 Å². The highest BCUT2D eigenvalue weighted by atomic mass is 32.1. The number of rotatable bonds is 7. The second-order valence-electron chi connectivity index (χ2n) is 7.56. The van der Waals surface area contributed by atoms with Gasteiger partial charge in [0.15, 0.2) is 5.96 Å². The summed E-state index contributed by atoms with van der Waals surface area (Å²) in [6.45, 7) is 13.3. The van der Waals surface area contributed by atoms with Crippen molar-refractivity contribution in [2.45, 2.75) is 59.4 Å². The van der Waals surface area contributed by atoms with Crippen molar-refractivity contribution in [1.82, 2.24) is 25.4 Å². The van der Waals surface area contributed by atoms with Gasteiger partial charge < -0.3 is 10.6 Å². The first kappa shape index (κ1) is 20.4. The Bertz CT molecular complexity index is 723. The molecule has 26 heavy (non-hydrogen) atoms. The first-order valence-electron chi connectivity index (χ1n) is 9.20. The van der Waals surface area contributed by atoms with Gasteiger partial charge in [0.25, 0.3) is 0 Å². The summed E-state index contributed by atoms with van der Waals surface area (Å²) in [7, 11) is 1.80. The van der Waals surface area contributed by atoms with Crippen LogP contribution in [-0.4, -0.2) is 40.9 Å². The molecule has 0 aliphatic rings. The van der Waals surface area contributed by atoms with Gasteiger partial charge in [-0.1, -0.05) is 20.8 Å². The van der Waals surface area contributed by atoms with E-state index in [9.17, 15) is 0 Å². The van der Waals surface area contributed by atoms with Gasteiger partial charge in [-0.15, -0.1) is 11.3 Å². The summed E-state index contributed by atoms with van der Waals surface area (Å²) >= 11 is 1.74. The van der Waals surface area contributed by atoms with Crippen LogP contribution in [0.3, 0.4) is 0 Å². The predicted molar refractivity (Wildman–Crippen MR) is 110 cm³/mol. The van der Waals surface area contributed by atoms with Crippen LogP contribution in [0.1, 0.15) is 49.3 Å². The van der Waals surface area contributed by atoms with Gasteiger partial charge in [-0.3, -0.25) is 9.67 Å². The highest BCUT2D eigenvalue weighted by molar-refractivity contribution is 7.09. The molecular formula is C19H32N6S. The molecule has 6 nitrogen and oxygen atoms in total. The lowest BCUT2D eigenvalue weighted by Crippen LogP contribution is -2.39. The van der Waals surface area contributed by atoms with Crippen molar-refractivity contribution in [2.24, 2.45) is 4.99 Å². The molecule has 0 saturated carbocycles. The SMILES string of the molecule is CN=C(NCCCn1nc(C)cc1C)NCCc1nc(C(C)(C)C)cs1. The lowest BCUT2D eigenvalue weighted by Gasteiger charge is -2.14. The number of nitrogens with one attached hydrogen (secondary N) is 2. The highest BCUT2D eigenvalue weighted by Crippen LogP contribution is 2.23. The maximum Gasteiger partial charge on any atom is 0.190 e. The second kappa shape index (κ2) is 9.16. The van der Waals surface area contributed by atoms with Crippen molar-refractivity contribution >= 4 is 17.3 Å². The minimum Gasteiger partial charge on any atom is -0.356 e. The van der Waals surface area contributed by atoms with Gasteiger partial charge in [-0.05, 0) is 26.3 Å². The number of nitrogens with zero attached hydrogens (tertiary/aromatic N) is 4. The highest BCUT2D eigenvalue weighted by Gasteiger charge is 2.17. The summed E-state index contributed by atoms with van der Waals surface area (Å²) in [6.07, 6.45) is 1.91. The van der Waals surface area contributed by atoms with Crippen LogP contribution in [0, 0.1) is 13.8 Å². The molecule has 7 heteroatoms. The van der Waals surface area contributed by atoms with Crippen LogP contribution in [0.5, 0.6) is 0 Å². The van der Waals surface area contributed by atoms with E-state index >= 15 is 0 Å². The molecule has 2 aromatic rings. The monoisotopic (exact) mass is 376 g/mol. The van der Waals surface area contributed by atoms with Gasteiger partial charge in [-0.2, -0.15) is 5.10 Å². The smallest absolute Gasteiger partial charge is 0.190 e. The zero-order chi connectivity index (χ0) is 19.2. The number of hydrogen-bond donors (Lipinski definition) is 2. The van der Waals surface area contributed by atoms with Crippen LogP contribution < -0.4 is 10.6 Å². The molecule has 0 fully saturated rings. The lowest BCUT2D eigenvalue weighted by atomic mass is 9.93. The molecular weight excluding hydrogens is 344 g/mol. The van der Waals surface area contributed by atoms with Crippen molar-refractivity contribution in [1.29, 1.82) is 0 Å². The quantitative estimate of drug-likeness (QED) is 0.443. The van der Waals surface area contributed by atoms with E-state index < -0.39 is 0 Å². The number of guanidine groups is 1. The Balaban J connectivity index is 1.68. The van der Waals surface area contributed by atoms with Gasteiger partial charge in [0.2, 0.25) is 0 Å². The Labute approximate surface area is 161 Å². The number of aliphatic imine (C=N–C) groups is 1. The number of aromatic nitrogens is 3. The van der Waals surface area contributed by atoms with Crippen molar-refractivity contribution in [2.75, 3.05) is 20.1 Å². The second-order valence-corrected chi connectivity index (χ2v) is 8.50. The van der Waals surface area contributed by atoms with Crippen molar-refractivity contribution < 1.29 is 0 Å². The summed E-state index contributed by atoms with van der Waals surface area (Å²) in [5.41, 5.74) is 3.57. The van der Waals surface area contributed by atoms with Gasteiger partial charge in [-0.25, -0.2) is 4.98 Å². The van der Waals surface area contributed by atoms with Crippen molar-refractivity contribution in [3.8, 4) is 0 Å². The van der Waals surface area contributed by atoms with Gasteiger partial charge in [0, 0.05) is 49.6 Å². The molecule has 0 atom stereocenters. The van der Waals surface area contributed by atoms with E-state index in [4.69, 9.17) is 4.98 Å². The van der Waals surface area contributed by atoms with Crippen LogP contribution in [-0.2, 0) is 18.4 Å². The molecule has 0 radical (unpaired) electrons. The third-order valence-corrected chi connectivity index (χ3v) is 5.03. The molecule has 0 aliphatic heterocycles. The first-order valence-corrected chi connectivity index (χ1v) is 10.1. The van der Waals surface area contributed by atoms with E-state index in [1.807, 2.05) is 6.92 Å². The Kier molecular flexibility index (Phi) is 7.20. The van der Waals surface area contributed by atoms with E-state index in [0.29, 0.717) is 0 Å². The van der Waals surface area contributed by atoms with Gasteiger partial charge in [0.05, 0.1) is 16.4 Å². The minimum atomic E-state index is 0.116. The zero-order valence-electron chi connectivity index (χ0n) is 16.9. The summed E-state index contributed by atoms with van der Waals surface area (Å²) in [6, 6.07) is 2.11. The molecule has 2 heterocycles. The van der Waals surface area contributed by atoms with Crippen LogP contribution in [0.25, 0.3) is 0 Å². The van der Waals surface area contributed by atoms with E-state index in [1.54, 1.807) is 18.4 Å². The zero-order valence-corrected chi connectivity index (χ0v) is 17.7. The molecule has 0 spiro atoms. The van der Waals surface area contributed by atoms with Crippen LogP contribution in [0.2, 0.25) is 0 Å². The average Bonchev–Trinajstić information content (AvgIpc) is 3.16. The third-order valence-electron chi connectivity index (χ3n) is 4.12. The molecule has 144 valence electrons. The fourth-order valence-electron chi connectivity index (χ4n) is 2.62. The topological polar surface area (TPSA) is 67.1 Å². The summed E-state index contributed by atoms with van der Waals surface area (Å²) in [5.74, 6) is 0.839. The Morgan fingerprint density at radius 2 is 1.96 bits per heavy atom. The summed E-state index contributed by atoms with van der Waals surface area (Å²) in [4.78, 5) is 9.02. The fourth-order valence-corrected chi connectivity index (χ4v) is 3.64. The molecule has 0 amide bonds. The maximum atomic E-state index is 4.73. The Hall–Kier alpha value is -1.89. The van der Waals surface area contributed by atoms with E-state index in [0.717, 1.165) is 44.1 Å². The van der Waals surface area contributed by atoms with Crippen molar-refractivity contribution in [3.63, 3.8) is 0 Å². The minimum absolute atomic E-state index is 0.116. The van der Waals surface area contributed by atoms with Gasteiger partial charge in [0.1, 0.15) is 0 Å². The third kappa shape index (κ3) is 6.12. The van der Waals surface area contributed by atoms with E-state index in [-0.39, 0.29) is 5.41 Å². The average molecular weight is 377 g/mol. The number of thiazole rings is 1. The summed E-state index contributed by atoms with van der Waals surface area (Å²) < 4.78 is 2.06. The Morgan fingerprint density at radius 1 is 1.23 bits per heavy atom. The van der Waals surface area contributed by atoms with Crippen LogP contribution >= 0.6 is 11.3 Å². The molecule has 0 aromatic carbocycles. The maximum absolute atomic E-state index is 4.73. The largest absolute Gasteiger partial charge is 0.356 e. The van der Waals surface area contributed by atoms with Gasteiger partial charge >= 0.3 is 0 Å². The first-order chi connectivity index (χ1) is 12.3. The normalized spacial score (nSPS) is 12.5.